The summed E-state index contributed by atoms with van der Waals surface area (Å²) >= 11 is 0. The molecule has 0 spiro atoms. The zero-order valence-corrected chi connectivity index (χ0v) is 13.7. The minimum absolute atomic E-state index is 0.104. The molecule has 1 N–H and O–H groups in total. The van der Waals surface area contributed by atoms with Crippen LogP contribution in [0, 0.1) is 0 Å². The van der Waals surface area contributed by atoms with Gasteiger partial charge in [0.05, 0.1) is 27.4 Å². The van der Waals surface area contributed by atoms with Gasteiger partial charge >= 0.3 is 0 Å². The largest absolute Gasteiger partial charge is 0.493 e. The molecule has 0 aliphatic carbocycles. The van der Waals surface area contributed by atoms with Crippen LogP contribution in [0.25, 0.3) is 6.08 Å². The molecular weight excluding hydrogens is 296 g/mol. The number of hydrogen-bond acceptors (Lipinski definition) is 5. The first-order chi connectivity index (χ1) is 11.2. The SMILES string of the molecule is COc1ccc(/C=C/C(=O)NCCN2CCOCC2)cc1OC. The molecule has 0 radical (unpaired) electrons. The van der Waals surface area contributed by atoms with Gasteiger partial charge in [-0.25, -0.2) is 0 Å². The molecule has 1 amide bonds. The maximum Gasteiger partial charge on any atom is 0.244 e. The van der Waals surface area contributed by atoms with Crippen molar-refractivity contribution in [2.24, 2.45) is 0 Å². The quantitative estimate of drug-likeness (QED) is 0.764. The van der Waals surface area contributed by atoms with E-state index in [0.29, 0.717) is 18.0 Å². The first-order valence-corrected chi connectivity index (χ1v) is 7.71. The summed E-state index contributed by atoms with van der Waals surface area (Å²) in [4.78, 5) is 14.1. The number of amides is 1. The van der Waals surface area contributed by atoms with Gasteiger partial charge in [0.25, 0.3) is 0 Å². The Balaban J connectivity index is 1.78. The predicted molar refractivity (Wildman–Crippen MR) is 88.8 cm³/mol. The number of carbonyl (C=O) groups is 1. The summed E-state index contributed by atoms with van der Waals surface area (Å²) in [6, 6.07) is 5.52. The van der Waals surface area contributed by atoms with Gasteiger partial charge in [-0.05, 0) is 23.8 Å². The number of methoxy groups -OCH3 is 2. The molecule has 1 aliphatic heterocycles. The monoisotopic (exact) mass is 320 g/mol. The van der Waals surface area contributed by atoms with Gasteiger partial charge in [0.15, 0.2) is 11.5 Å². The molecule has 1 heterocycles. The summed E-state index contributed by atoms with van der Waals surface area (Å²) < 4.78 is 15.7. The highest BCUT2D eigenvalue weighted by atomic mass is 16.5. The molecule has 6 heteroatoms. The van der Waals surface area contributed by atoms with Gasteiger partial charge in [-0.15, -0.1) is 0 Å². The van der Waals surface area contributed by atoms with Crippen molar-refractivity contribution in [3.05, 3.63) is 29.8 Å². The summed E-state index contributed by atoms with van der Waals surface area (Å²) in [5.74, 6) is 1.20. The minimum Gasteiger partial charge on any atom is -0.493 e. The van der Waals surface area contributed by atoms with Gasteiger partial charge in [-0.2, -0.15) is 0 Å². The molecular formula is C17H24N2O4. The molecule has 0 aromatic heterocycles. The summed E-state index contributed by atoms with van der Waals surface area (Å²) in [7, 11) is 3.18. The molecule has 1 saturated heterocycles. The first kappa shape index (κ1) is 17.3. The van der Waals surface area contributed by atoms with Crippen molar-refractivity contribution in [2.75, 3.05) is 53.6 Å². The number of rotatable bonds is 7. The fraction of sp³-hybridized carbons (Fsp3) is 0.471. The van der Waals surface area contributed by atoms with E-state index >= 15 is 0 Å². The lowest BCUT2D eigenvalue weighted by Crippen LogP contribution is -2.41. The molecule has 0 atom stereocenters. The average Bonchev–Trinajstić information content (AvgIpc) is 2.60. The van der Waals surface area contributed by atoms with Crippen LogP contribution in [-0.2, 0) is 9.53 Å². The summed E-state index contributed by atoms with van der Waals surface area (Å²) in [5.41, 5.74) is 0.881. The van der Waals surface area contributed by atoms with E-state index in [2.05, 4.69) is 10.2 Å². The Morgan fingerprint density at radius 2 is 2.00 bits per heavy atom. The van der Waals surface area contributed by atoms with Crippen LogP contribution in [-0.4, -0.2) is 64.4 Å². The van der Waals surface area contributed by atoms with E-state index in [4.69, 9.17) is 14.2 Å². The Labute approximate surface area is 137 Å². The topological polar surface area (TPSA) is 60.0 Å². The van der Waals surface area contributed by atoms with Gasteiger partial charge in [-0.1, -0.05) is 6.07 Å². The third-order valence-electron chi connectivity index (χ3n) is 3.67. The molecule has 1 fully saturated rings. The molecule has 23 heavy (non-hydrogen) atoms. The lowest BCUT2D eigenvalue weighted by Gasteiger charge is -2.26. The molecule has 0 saturated carbocycles. The van der Waals surface area contributed by atoms with Crippen LogP contribution in [0.1, 0.15) is 5.56 Å². The van der Waals surface area contributed by atoms with Crippen molar-refractivity contribution in [1.82, 2.24) is 10.2 Å². The molecule has 0 bridgehead atoms. The second kappa shape index (κ2) is 9.17. The predicted octanol–water partition coefficient (Wildman–Crippen LogP) is 1.17. The number of morpholine rings is 1. The molecule has 126 valence electrons. The Kier molecular flexibility index (Phi) is 6.90. The van der Waals surface area contributed by atoms with Crippen molar-refractivity contribution in [3.63, 3.8) is 0 Å². The lowest BCUT2D eigenvalue weighted by molar-refractivity contribution is -0.116. The summed E-state index contributed by atoms with van der Waals surface area (Å²) in [6.07, 6.45) is 3.28. The van der Waals surface area contributed by atoms with Crippen molar-refractivity contribution in [2.45, 2.75) is 0 Å². The highest BCUT2D eigenvalue weighted by Crippen LogP contribution is 2.27. The minimum atomic E-state index is -0.104. The van der Waals surface area contributed by atoms with Gasteiger partial charge < -0.3 is 19.5 Å². The summed E-state index contributed by atoms with van der Waals surface area (Å²) in [5, 5.41) is 2.89. The van der Waals surface area contributed by atoms with Crippen molar-refractivity contribution < 1.29 is 19.0 Å². The van der Waals surface area contributed by atoms with Crippen molar-refractivity contribution in [1.29, 1.82) is 0 Å². The number of carbonyl (C=O) groups excluding carboxylic acids is 1. The average molecular weight is 320 g/mol. The first-order valence-electron chi connectivity index (χ1n) is 7.71. The van der Waals surface area contributed by atoms with E-state index in [-0.39, 0.29) is 5.91 Å². The number of ether oxygens (including phenoxy) is 3. The van der Waals surface area contributed by atoms with Crippen LogP contribution in [0.5, 0.6) is 11.5 Å². The standard InChI is InChI=1S/C17H24N2O4/c1-21-15-5-3-14(13-16(15)22-2)4-6-17(20)18-7-8-19-9-11-23-12-10-19/h3-6,13H,7-12H2,1-2H3,(H,18,20)/b6-4+. The van der Waals surface area contributed by atoms with Crippen molar-refractivity contribution >= 4 is 12.0 Å². The Morgan fingerprint density at radius 3 is 2.70 bits per heavy atom. The third-order valence-corrected chi connectivity index (χ3v) is 3.67. The van der Waals surface area contributed by atoms with Gasteiger partial charge in [0.2, 0.25) is 5.91 Å². The van der Waals surface area contributed by atoms with Gasteiger partial charge in [-0.3, -0.25) is 9.69 Å². The zero-order chi connectivity index (χ0) is 16.5. The fourth-order valence-electron chi connectivity index (χ4n) is 2.35. The highest BCUT2D eigenvalue weighted by Gasteiger charge is 2.09. The van der Waals surface area contributed by atoms with E-state index < -0.39 is 0 Å². The van der Waals surface area contributed by atoms with E-state index in [1.807, 2.05) is 18.2 Å². The Bertz CT molecular complexity index is 539. The normalized spacial score (nSPS) is 15.6. The van der Waals surface area contributed by atoms with Gasteiger partial charge in [0, 0.05) is 32.3 Å². The van der Waals surface area contributed by atoms with Crippen LogP contribution in [0.4, 0.5) is 0 Å². The van der Waals surface area contributed by atoms with E-state index in [9.17, 15) is 4.79 Å². The Morgan fingerprint density at radius 1 is 1.26 bits per heavy atom. The number of benzene rings is 1. The molecule has 1 aromatic carbocycles. The number of nitrogens with one attached hydrogen (secondary N) is 1. The van der Waals surface area contributed by atoms with Crippen LogP contribution in [0.3, 0.4) is 0 Å². The molecule has 2 rings (SSSR count). The number of nitrogens with zero attached hydrogens (tertiary/aromatic N) is 1. The molecule has 6 nitrogen and oxygen atoms in total. The third kappa shape index (κ3) is 5.58. The summed E-state index contributed by atoms with van der Waals surface area (Å²) in [6.45, 7) is 4.88. The molecule has 1 aromatic rings. The lowest BCUT2D eigenvalue weighted by atomic mass is 10.2. The van der Waals surface area contributed by atoms with Crippen LogP contribution in [0.15, 0.2) is 24.3 Å². The van der Waals surface area contributed by atoms with Crippen LogP contribution < -0.4 is 14.8 Å². The maximum absolute atomic E-state index is 11.8. The highest BCUT2D eigenvalue weighted by molar-refractivity contribution is 5.91. The van der Waals surface area contributed by atoms with Crippen LogP contribution in [0.2, 0.25) is 0 Å². The molecule has 0 unspecified atom stereocenters. The smallest absolute Gasteiger partial charge is 0.244 e. The second-order valence-electron chi connectivity index (χ2n) is 5.19. The Hall–Kier alpha value is -2.05. The molecule has 1 aliphatic rings. The van der Waals surface area contributed by atoms with E-state index in [0.717, 1.165) is 38.4 Å². The second-order valence-corrected chi connectivity index (χ2v) is 5.19. The van der Waals surface area contributed by atoms with Gasteiger partial charge in [0.1, 0.15) is 0 Å². The van der Waals surface area contributed by atoms with E-state index in [1.165, 1.54) is 6.08 Å². The van der Waals surface area contributed by atoms with E-state index in [1.54, 1.807) is 20.3 Å². The number of hydrogen-bond donors (Lipinski definition) is 1. The zero-order valence-electron chi connectivity index (χ0n) is 13.7. The van der Waals surface area contributed by atoms with Crippen LogP contribution >= 0.6 is 0 Å². The fourth-order valence-corrected chi connectivity index (χ4v) is 2.35. The maximum atomic E-state index is 11.8. The van der Waals surface area contributed by atoms with Crippen molar-refractivity contribution in [3.8, 4) is 11.5 Å².